The van der Waals surface area contributed by atoms with E-state index < -0.39 is 17.8 Å². The quantitative estimate of drug-likeness (QED) is 0.344. The van der Waals surface area contributed by atoms with Crippen LogP contribution in [0.4, 0.5) is 10.5 Å². The number of hydrogen-bond donors (Lipinski definition) is 1. The Morgan fingerprint density at radius 2 is 1.51 bits per heavy atom. The van der Waals surface area contributed by atoms with Crippen LogP contribution in [0.25, 0.3) is 17.0 Å². The van der Waals surface area contributed by atoms with E-state index in [4.69, 9.17) is 0 Å². The molecule has 9 heteroatoms. The molecule has 0 radical (unpaired) electrons. The number of fused-ring (bicyclic) bond motifs is 1. The predicted octanol–water partition coefficient (Wildman–Crippen LogP) is 3.72. The molecule has 2 aromatic carbocycles. The molecule has 2 aromatic heterocycles. The summed E-state index contributed by atoms with van der Waals surface area (Å²) < 4.78 is 3.19. The van der Waals surface area contributed by atoms with Gasteiger partial charge in [-0.15, -0.1) is 0 Å². The molecule has 1 aliphatic heterocycles. The number of aromatic nitrogens is 3. The van der Waals surface area contributed by atoms with E-state index in [1.54, 1.807) is 54.9 Å². The average Bonchev–Trinajstić information content (AvgIpc) is 3.09. The zero-order valence-electron chi connectivity index (χ0n) is 21.1. The second-order valence-electron chi connectivity index (χ2n) is 9.24. The number of para-hydroxylation sites is 1. The normalized spacial score (nSPS) is 15.1. The van der Waals surface area contributed by atoms with Crippen LogP contribution in [-0.4, -0.2) is 32.2 Å². The minimum absolute atomic E-state index is 0.181. The lowest BCUT2D eigenvalue weighted by molar-refractivity contribution is -0.122. The number of rotatable bonds is 3. The topological polar surface area (TPSA) is 106 Å². The summed E-state index contributed by atoms with van der Waals surface area (Å²) in [5.41, 5.74) is 4.23. The summed E-state index contributed by atoms with van der Waals surface area (Å²) in [7, 11) is 0. The van der Waals surface area contributed by atoms with E-state index in [9.17, 15) is 19.2 Å². The highest BCUT2D eigenvalue weighted by Gasteiger charge is 2.37. The second-order valence-corrected chi connectivity index (χ2v) is 9.24. The summed E-state index contributed by atoms with van der Waals surface area (Å²) in [6, 6.07) is 13.5. The van der Waals surface area contributed by atoms with Crippen LogP contribution in [0.2, 0.25) is 0 Å². The maximum absolute atomic E-state index is 13.4. The van der Waals surface area contributed by atoms with E-state index in [1.165, 1.54) is 10.8 Å². The Morgan fingerprint density at radius 3 is 2.22 bits per heavy atom. The van der Waals surface area contributed by atoms with Crippen LogP contribution in [0.15, 0.2) is 58.9 Å². The predicted molar refractivity (Wildman–Crippen MR) is 140 cm³/mol. The Morgan fingerprint density at radius 1 is 0.838 bits per heavy atom. The standard InChI is InChI=1S/C28H25N5O4/c1-15-10-16(2)12-21(11-15)31-26(35)23(25(34)30-28(31)37)14-20-13-17(3)32(18(20)4)33-19(5)29-24-9-7-6-8-22(24)27(33)36/h6-14H,1-5H3,(H,30,34,37). The van der Waals surface area contributed by atoms with E-state index in [-0.39, 0.29) is 11.1 Å². The van der Waals surface area contributed by atoms with Gasteiger partial charge in [-0.2, -0.15) is 4.68 Å². The van der Waals surface area contributed by atoms with Gasteiger partial charge in [-0.05, 0) is 87.7 Å². The molecule has 0 saturated carbocycles. The van der Waals surface area contributed by atoms with Crippen LogP contribution in [-0.2, 0) is 9.59 Å². The lowest BCUT2D eigenvalue weighted by Gasteiger charge is -2.27. The minimum Gasteiger partial charge on any atom is -0.273 e. The van der Waals surface area contributed by atoms with Crippen molar-refractivity contribution in [1.82, 2.24) is 19.7 Å². The lowest BCUT2D eigenvalue weighted by Crippen LogP contribution is -2.54. The highest BCUT2D eigenvalue weighted by molar-refractivity contribution is 6.39. The molecule has 1 saturated heterocycles. The molecule has 1 N–H and O–H groups in total. The zero-order chi connectivity index (χ0) is 26.6. The van der Waals surface area contributed by atoms with Crippen molar-refractivity contribution in [3.8, 4) is 0 Å². The Hall–Kier alpha value is -4.79. The van der Waals surface area contributed by atoms with Gasteiger partial charge in [-0.1, -0.05) is 18.2 Å². The Kier molecular flexibility index (Phi) is 5.63. The Bertz CT molecular complexity index is 1720. The molecule has 0 unspecified atom stereocenters. The van der Waals surface area contributed by atoms with Crippen molar-refractivity contribution in [3.05, 3.63) is 98.4 Å². The number of nitrogens with one attached hydrogen (secondary N) is 1. The maximum Gasteiger partial charge on any atom is 0.335 e. The summed E-state index contributed by atoms with van der Waals surface area (Å²) >= 11 is 0. The zero-order valence-corrected chi connectivity index (χ0v) is 21.1. The molecule has 186 valence electrons. The van der Waals surface area contributed by atoms with Gasteiger partial charge < -0.3 is 0 Å². The van der Waals surface area contributed by atoms with Crippen molar-refractivity contribution in [2.75, 3.05) is 4.90 Å². The molecule has 37 heavy (non-hydrogen) atoms. The number of benzene rings is 2. The molecule has 5 rings (SSSR count). The third-order valence-corrected chi connectivity index (χ3v) is 6.42. The van der Waals surface area contributed by atoms with E-state index in [0.717, 1.165) is 16.0 Å². The Balaban J connectivity index is 1.63. The SMILES string of the molecule is Cc1cc(C)cc(N2C(=O)NC(=O)C(=Cc3cc(C)n(-n4c(C)nc5ccccc5c4=O)c3C)C2=O)c1. The fourth-order valence-electron chi connectivity index (χ4n) is 4.83. The third-order valence-electron chi connectivity index (χ3n) is 6.42. The number of nitrogens with zero attached hydrogens (tertiary/aromatic N) is 4. The number of barbiturate groups is 1. The monoisotopic (exact) mass is 495 g/mol. The smallest absolute Gasteiger partial charge is 0.273 e. The van der Waals surface area contributed by atoms with E-state index in [0.29, 0.717) is 39.4 Å². The fourth-order valence-corrected chi connectivity index (χ4v) is 4.83. The largest absolute Gasteiger partial charge is 0.335 e. The van der Waals surface area contributed by atoms with Crippen molar-refractivity contribution in [2.24, 2.45) is 0 Å². The van der Waals surface area contributed by atoms with Crippen molar-refractivity contribution >= 4 is 40.5 Å². The lowest BCUT2D eigenvalue weighted by atomic mass is 10.1. The van der Waals surface area contributed by atoms with Gasteiger partial charge in [-0.25, -0.2) is 14.7 Å². The first-order valence-corrected chi connectivity index (χ1v) is 11.7. The van der Waals surface area contributed by atoms with Gasteiger partial charge in [0.05, 0.1) is 16.6 Å². The van der Waals surface area contributed by atoms with Gasteiger partial charge >= 0.3 is 6.03 Å². The molecule has 1 aliphatic rings. The van der Waals surface area contributed by atoms with Gasteiger partial charge in [0.2, 0.25) is 0 Å². The van der Waals surface area contributed by atoms with Crippen LogP contribution in [0.3, 0.4) is 0 Å². The molecule has 0 aliphatic carbocycles. The number of anilines is 1. The van der Waals surface area contributed by atoms with Gasteiger partial charge in [0.25, 0.3) is 17.4 Å². The molecular formula is C28H25N5O4. The van der Waals surface area contributed by atoms with E-state index >= 15 is 0 Å². The first-order valence-electron chi connectivity index (χ1n) is 11.7. The van der Waals surface area contributed by atoms with Crippen LogP contribution < -0.4 is 15.8 Å². The van der Waals surface area contributed by atoms with Gasteiger partial charge in [0.15, 0.2) is 0 Å². The number of urea groups is 1. The number of amides is 4. The van der Waals surface area contributed by atoms with Gasteiger partial charge in [0, 0.05) is 11.4 Å². The van der Waals surface area contributed by atoms with Gasteiger partial charge in [-0.3, -0.25) is 24.4 Å². The van der Waals surface area contributed by atoms with Crippen molar-refractivity contribution in [1.29, 1.82) is 0 Å². The highest BCUT2D eigenvalue weighted by atomic mass is 16.2. The van der Waals surface area contributed by atoms with Crippen LogP contribution >= 0.6 is 0 Å². The maximum atomic E-state index is 13.4. The third kappa shape index (κ3) is 3.94. The summed E-state index contributed by atoms with van der Waals surface area (Å²) in [6.45, 7) is 9.09. The summed E-state index contributed by atoms with van der Waals surface area (Å²) in [4.78, 5) is 57.7. The summed E-state index contributed by atoms with van der Waals surface area (Å²) in [6.07, 6.45) is 1.45. The highest BCUT2D eigenvalue weighted by Crippen LogP contribution is 2.26. The minimum atomic E-state index is -0.799. The van der Waals surface area contributed by atoms with E-state index in [2.05, 4.69) is 10.3 Å². The molecule has 0 bridgehead atoms. The number of carbonyl (C=O) groups is 3. The van der Waals surface area contributed by atoms with E-state index in [1.807, 2.05) is 32.9 Å². The summed E-state index contributed by atoms with van der Waals surface area (Å²) in [5.74, 6) is -1.01. The first kappa shape index (κ1) is 23.9. The Labute approximate surface area is 212 Å². The molecular weight excluding hydrogens is 470 g/mol. The average molecular weight is 496 g/mol. The molecule has 1 fully saturated rings. The van der Waals surface area contributed by atoms with Gasteiger partial charge in [0.1, 0.15) is 11.4 Å². The molecule has 4 aromatic rings. The van der Waals surface area contributed by atoms with Crippen molar-refractivity contribution < 1.29 is 14.4 Å². The molecule has 0 atom stereocenters. The molecule has 0 spiro atoms. The molecule has 3 heterocycles. The first-order chi connectivity index (χ1) is 17.6. The molecule has 4 amide bonds. The van der Waals surface area contributed by atoms with Crippen LogP contribution in [0.1, 0.15) is 33.9 Å². The second kappa shape index (κ2) is 8.70. The number of imide groups is 2. The van der Waals surface area contributed by atoms with Crippen molar-refractivity contribution in [3.63, 3.8) is 0 Å². The number of carbonyl (C=O) groups excluding carboxylic acids is 3. The number of hydrogen-bond acceptors (Lipinski definition) is 5. The summed E-state index contributed by atoms with van der Waals surface area (Å²) in [5, 5.41) is 2.74. The number of aryl methyl sites for hydroxylation is 4. The van der Waals surface area contributed by atoms with Crippen LogP contribution in [0.5, 0.6) is 0 Å². The van der Waals surface area contributed by atoms with Crippen molar-refractivity contribution in [2.45, 2.75) is 34.6 Å². The fraction of sp³-hybridized carbons (Fsp3) is 0.179. The van der Waals surface area contributed by atoms with Crippen LogP contribution in [0, 0.1) is 34.6 Å². The molecule has 9 nitrogen and oxygen atoms in total.